The molecule has 0 aliphatic carbocycles. The molecule has 0 atom stereocenters. The van der Waals surface area contributed by atoms with Crippen molar-refractivity contribution in [3.05, 3.63) is 58.1 Å². The summed E-state index contributed by atoms with van der Waals surface area (Å²) in [6.45, 7) is 6.25. The van der Waals surface area contributed by atoms with E-state index >= 15 is 0 Å². The van der Waals surface area contributed by atoms with Gasteiger partial charge in [-0.3, -0.25) is 4.79 Å². The van der Waals surface area contributed by atoms with E-state index in [-0.39, 0.29) is 10.9 Å². The molecule has 126 valence electrons. The van der Waals surface area contributed by atoms with E-state index < -0.39 is 17.4 Å². The summed E-state index contributed by atoms with van der Waals surface area (Å²) in [6, 6.07) is 8.26. The first-order valence-electron chi connectivity index (χ1n) is 7.36. The molecular weight excluding hydrogens is 319 g/mol. The molecule has 2 aromatic heterocycles. The molecule has 0 unspecified atom stereocenters. The molecule has 24 heavy (non-hydrogen) atoms. The molecule has 0 aliphatic heterocycles. The zero-order chi connectivity index (χ0) is 17.7. The molecule has 0 bridgehead atoms. The van der Waals surface area contributed by atoms with E-state index in [4.69, 9.17) is 0 Å². The Morgan fingerprint density at radius 3 is 2.25 bits per heavy atom. The summed E-state index contributed by atoms with van der Waals surface area (Å²) in [4.78, 5) is 14.7. The van der Waals surface area contributed by atoms with Crippen LogP contribution in [0.1, 0.15) is 32.0 Å². The summed E-state index contributed by atoms with van der Waals surface area (Å²) < 4.78 is 39.2. The van der Waals surface area contributed by atoms with Gasteiger partial charge in [-0.05, 0) is 16.5 Å². The number of nitrogens with one attached hydrogen (secondary N) is 1. The standard InChI is InChI=1S/C17H16F3N3O/c1-16(2,3)11-6-4-10(5-7-11)12-9-23-13(15(24)21-12)8-14(22-23)17(18,19)20/h4-9H,1-3H3,(H,21,24). The lowest BCUT2D eigenvalue weighted by atomic mass is 9.86. The fourth-order valence-corrected chi connectivity index (χ4v) is 2.44. The van der Waals surface area contributed by atoms with Crippen molar-refractivity contribution < 1.29 is 13.2 Å². The maximum Gasteiger partial charge on any atom is 0.435 e. The van der Waals surface area contributed by atoms with Gasteiger partial charge >= 0.3 is 6.18 Å². The number of rotatable bonds is 1. The van der Waals surface area contributed by atoms with Gasteiger partial charge in [0, 0.05) is 6.07 Å². The molecule has 1 N–H and O–H groups in total. The van der Waals surface area contributed by atoms with Crippen molar-refractivity contribution in [1.82, 2.24) is 14.6 Å². The summed E-state index contributed by atoms with van der Waals surface area (Å²) in [6.07, 6.45) is -3.20. The van der Waals surface area contributed by atoms with Crippen LogP contribution in [0.15, 0.2) is 41.3 Å². The van der Waals surface area contributed by atoms with Crippen LogP contribution < -0.4 is 5.56 Å². The zero-order valence-electron chi connectivity index (χ0n) is 13.4. The normalized spacial score (nSPS) is 12.8. The Balaban J connectivity index is 2.09. The van der Waals surface area contributed by atoms with Crippen molar-refractivity contribution in [2.24, 2.45) is 0 Å². The first kappa shape index (κ1) is 16.3. The first-order chi connectivity index (χ1) is 11.1. The van der Waals surface area contributed by atoms with Crippen LogP contribution in [0.4, 0.5) is 13.2 Å². The number of fused-ring (bicyclic) bond motifs is 1. The smallest absolute Gasteiger partial charge is 0.319 e. The minimum atomic E-state index is -4.59. The quantitative estimate of drug-likeness (QED) is 0.730. The van der Waals surface area contributed by atoms with Gasteiger partial charge in [0.25, 0.3) is 5.56 Å². The second kappa shape index (κ2) is 5.22. The van der Waals surface area contributed by atoms with Gasteiger partial charge in [-0.25, -0.2) is 4.52 Å². The number of alkyl halides is 3. The van der Waals surface area contributed by atoms with Crippen LogP contribution in [0.2, 0.25) is 0 Å². The average Bonchev–Trinajstić information content (AvgIpc) is 2.91. The third-order valence-corrected chi connectivity index (χ3v) is 3.82. The maximum absolute atomic E-state index is 12.7. The molecule has 4 nitrogen and oxygen atoms in total. The molecule has 3 aromatic rings. The third-order valence-electron chi connectivity index (χ3n) is 3.82. The first-order valence-corrected chi connectivity index (χ1v) is 7.36. The summed E-state index contributed by atoms with van der Waals surface area (Å²) in [5, 5.41) is 3.46. The highest BCUT2D eigenvalue weighted by molar-refractivity contribution is 5.61. The molecule has 3 rings (SSSR count). The summed E-state index contributed by atoms with van der Waals surface area (Å²) >= 11 is 0. The Kier molecular flexibility index (Phi) is 3.55. The van der Waals surface area contributed by atoms with Gasteiger partial charge in [0.2, 0.25) is 0 Å². The van der Waals surface area contributed by atoms with Crippen molar-refractivity contribution in [2.45, 2.75) is 32.4 Å². The van der Waals surface area contributed by atoms with E-state index in [1.165, 1.54) is 6.20 Å². The van der Waals surface area contributed by atoms with Gasteiger partial charge in [-0.1, -0.05) is 45.0 Å². The summed E-state index contributed by atoms with van der Waals surface area (Å²) in [5.41, 5.74) is 0.365. The van der Waals surface area contributed by atoms with Crippen LogP contribution in [0.3, 0.4) is 0 Å². The Morgan fingerprint density at radius 2 is 1.71 bits per heavy atom. The Hall–Kier alpha value is -2.57. The van der Waals surface area contributed by atoms with Crippen LogP contribution in [0.25, 0.3) is 16.8 Å². The fourth-order valence-electron chi connectivity index (χ4n) is 2.44. The molecule has 0 amide bonds. The molecule has 0 fully saturated rings. The Bertz CT molecular complexity index is 944. The van der Waals surface area contributed by atoms with Crippen molar-refractivity contribution in [3.63, 3.8) is 0 Å². The monoisotopic (exact) mass is 335 g/mol. The molecule has 2 heterocycles. The van der Waals surface area contributed by atoms with E-state index in [0.717, 1.165) is 16.1 Å². The van der Waals surface area contributed by atoms with Crippen LogP contribution in [-0.4, -0.2) is 14.6 Å². The van der Waals surface area contributed by atoms with Gasteiger partial charge < -0.3 is 4.98 Å². The van der Waals surface area contributed by atoms with Crippen LogP contribution in [-0.2, 0) is 11.6 Å². The number of H-pyrrole nitrogens is 1. The highest BCUT2D eigenvalue weighted by atomic mass is 19.4. The molecule has 1 aromatic carbocycles. The van der Waals surface area contributed by atoms with E-state index in [1.54, 1.807) is 0 Å². The predicted molar refractivity (Wildman–Crippen MR) is 85.0 cm³/mol. The van der Waals surface area contributed by atoms with E-state index in [0.29, 0.717) is 11.3 Å². The third kappa shape index (κ3) is 2.93. The molecule has 0 aliphatic rings. The van der Waals surface area contributed by atoms with Crippen LogP contribution in [0, 0.1) is 0 Å². The lowest BCUT2D eigenvalue weighted by molar-refractivity contribution is -0.141. The molecule has 0 saturated carbocycles. The molecule has 0 radical (unpaired) electrons. The van der Waals surface area contributed by atoms with Gasteiger partial charge in [-0.2, -0.15) is 18.3 Å². The lowest BCUT2D eigenvalue weighted by Gasteiger charge is -2.19. The molecule has 7 heteroatoms. The average molecular weight is 335 g/mol. The van der Waals surface area contributed by atoms with E-state index in [2.05, 4.69) is 30.9 Å². The number of hydrogen-bond acceptors (Lipinski definition) is 2. The number of benzene rings is 1. The topological polar surface area (TPSA) is 50.2 Å². The number of aromatic amines is 1. The number of nitrogens with zero attached hydrogens (tertiary/aromatic N) is 2. The molecule has 0 saturated heterocycles. The SMILES string of the molecule is CC(C)(C)c1ccc(-c2cn3nc(C(F)(F)F)cc3c(=O)[nH]2)cc1. The van der Waals surface area contributed by atoms with Gasteiger partial charge in [-0.15, -0.1) is 0 Å². The minimum absolute atomic E-state index is 0.0144. The highest BCUT2D eigenvalue weighted by Gasteiger charge is 2.34. The fraction of sp³-hybridized carbons (Fsp3) is 0.294. The Labute approximate surface area is 135 Å². The van der Waals surface area contributed by atoms with Gasteiger partial charge in [0.15, 0.2) is 5.69 Å². The minimum Gasteiger partial charge on any atom is -0.319 e. The second-order valence-electron chi connectivity index (χ2n) is 6.68. The highest BCUT2D eigenvalue weighted by Crippen LogP contribution is 2.29. The lowest BCUT2D eigenvalue weighted by Crippen LogP contribution is -2.12. The van der Waals surface area contributed by atoms with Crippen molar-refractivity contribution >= 4 is 5.52 Å². The number of hydrogen-bond donors (Lipinski definition) is 1. The second-order valence-corrected chi connectivity index (χ2v) is 6.68. The number of halogens is 3. The van der Waals surface area contributed by atoms with Gasteiger partial charge in [0.1, 0.15) is 5.52 Å². The van der Waals surface area contributed by atoms with Gasteiger partial charge in [0.05, 0.1) is 11.9 Å². The summed E-state index contributed by atoms with van der Waals surface area (Å²) in [5.74, 6) is 0. The zero-order valence-corrected chi connectivity index (χ0v) is 13.4. The number of aromatic nitrogens is 3. The van der Waals surface area contributed by atoms with Crippen molar-refractivity contribution in [3.8, 4) is 11.3 Å². The Morgan fingerprint density at radius 1 is 1.08 bits per heavy atom. The van der Waals surface area contributed by atoms with Crippen LogP contribution >= 0.6 is 0 Å². The molecular formula is C17H16F3N3O. The maximum atomic E-state index is 12.7. The van der Waals surface area contributed by atoms with Crippen molar-refractivity contribution in [1.29, 1.82) is 0 Å². The largest absolute Gasteiger partial charge is 0.435 e. The van der Waals surface area contributed by atoms with E-state index in [9.17, 15) is 18.0 Å². The van der Waals surface area contributed by atoms with Crippen LogP contribution in [0.5, 0.6) is 0 Å². The van der Waals surface area contributed by atoms with Crippen molar-refractivity contribution in [2.75, 3.05) is 0 Å². The predicted octanol–water partition coefficient (Wildman–Crippen LogP) is 4.01. The summed E-state index contributed by atoms with van der Waals surface area (Å²) in [7, 11) is 0. The molecule has 0 spiro atoms. The van der Waals surface area contributed by atoms with E-state index in [1.807, 2.05) is 24.3 Å².